The van der Waals surface area contributed by atoms with Gasteiger partial charge in [0.25, 0.3) is 5.91 Å². The van der Waals surface area contributed by atoms with E-state index in [1.807, 2.05) is 29.1 Å². The summed E-state index contributed by atoms with van der Waals surface area (Å²) in [7, 11) is 1.84. The molecule has 0 bridgehead atoms. The topological polar surface area (TPSA) is 73.2 Å². The average molecular weight is 361 g/mol. The standard InChI is InChI=1S/C16H15N3O3S2/c1-4-6-22-15(21)13-9(2)17-16(24-13)18-14(20)11-8-12-10(19(11)3)5-7-23-12/h4-5,7-8H,1,6H2,2-3H3,(H,17,18,20). The molecule has 0 aliphatic rings. The van der Waals surface area contributed by atoms with E-state index in [0.717, 1.165) is 21.6 Å². The number of aromatic nitrogens is 2. The van der Waals surface area contributed by atoms with Gasteiger partial charge in [0.05, 0.1) is 15.9 Å². The van der Waals surface area contributed by atoms with Gasteiger partial charge in [-0.1, -0.05) is 24.0 Å². The highest BCUT2D eigenvalue weighted by Crippen LogP contribution is 2.27. The molecule has 124 valence electrons. The van der Waals surface area contributed by atoms with Gasteiger partial charge in [-0.3, -0.25) is 10.1 Å². The van der Waals surface area contributed by atoms with Crippen molar-refractivity contribution in [2.45, 2.75) is 6.92 Å². The van der Waals surface area contributed by atoms with Crippen LogP contribution in [0.3, 0.4) is 0 Å². The van der Waals surface area contributed by atoms with Crippen LogP contribution in [0.4, 0.5) is 5.13 Å². The van der Waals surface area contributed by atoms with Gasteiger partial charge in [0.2, 0.25) is 0 Å². The minimum absolute atomic E-state index is 0.137. The van der Waals surface area contributed by atoms with Gasteiger partial charge in [0.15, 0.2) is 5.13 Å². The summed E-state index contributed by atoms with van der Waals surface area (Å²) in [4.78, 5) is 29.0. The van der Waals surface area contributed by atoms with E-state index in [9.17, 15) is 9.59 Å². The number of carbonyl (C=O) groups is 2. The van der Waals surface area contributed by atoms with Crippen LogP contribution < -0.4 is 5.32 Å². The van der Waals surface area contributed by atoms with Crippen molar-refractivity contribution in [1.82, 2.24) is 9.55 Å². The fraction of sp³-hybridized carbons (Fsp3) is 0.188. The Morgan fingerprint density at radius 1 is 1.50 bits per heavy atom. The molecular formula is C16H15N3O3S2. The van der Waals surface area contributed by atoms with Crippen molar-refractivity contribution in [1.29, 1.82) is 0 Å². The van der Waals surface area contributed by atoms with Crippen molar-refractivity contribution in [2.24, 2.45) is 7.05 Å². The van der Waals surface area contributed by atoms with E-state index in [1.165, 1.54) is 6.08 Å². The smallest absolute Gasteiger partial charge is 0.350 e. The number of anilines is 1. The van der Waals surface area contributed by atoms with Crippen molar-refractivity contribution in [3.8, 4) is 0 Å². The molecular weight excluding hydrogens is 346 g/mol. The summed E-state index contributed by atoms with van der Waals surface area (Å²) in [6.45, 7) is 5.34. The molecule has 0 unspecified atom stereocenters. The number of amides is 1. The molecule has 3 aromatic heterocycles. The minimum atomic E-state index is -0.468. The molecule has 8 heteroatoms. The Morgan fingerprint density at radius 2 is 2.29 bits per heavy atom. The zero-order chi connectivity index (χ0) is 17.3. The number of hydrogen-bond donors (Lipinski definition) is 1. The number of ether oxygens (including phenoxy) is 1. The number of carbonyl (C=O) groups excluding carboxylic acids is 2. The van der Waals surface area contributed by atoms with Gasteiger partial charge in [0.1, 0.15) is 17.2 Å². The molecule has 1 N–H and O–H groups in total. The second kappa shape index (κ2) is 6.58. The quantitative estimate of drug-likeness (QED) is 0.557. The van der Waals surface area contributed by atoms with Crippen molar-refractivity contribution in [3.63, 3.8) is 0 Å². The zero-order valence-electron chi connectivity index (χ0n) is 13.2. The van der Waals surface area contributed by atoms with Crippen LogP contribution in [-0.4, -0.2) is 28.0 Å². The number of aryl methyl sites for hydroxylation is 2. The molecule has 3 heterocycles. The van der Waals surface area contributed by atoms with Crippen molar-refractivity contribution in [2.75, 3.05) is 11.9 Å². The lowest BCUT2D eigenvalue weighted by molar-refractivity contribution is 0.0554. The van der Waals surface area contributed by atoms with Gasteiger partial charge in [-0.05, 0) is 24.4 Å². The molecule has 0 saturated carbocycles. The predicted octanol–water partition coefficient (Wildman–Crippen LogP) is 3.60. The van der Waals surface area contributed by atoms with E-state index in [2.05, 4.69) is 16.9 Å². The first-order chi connectivity index (χ1) is 11.5. The van der Waals surface area contributed by atoms with Crippen LogP contribution in [0.2, 0.25) is 0 Å². The van der Waals surface area contributed by atoms with Crippen molar-refractivity contribution >= 4 is 49.9 Å². The summed E-state index contributed by atoms with van der Waals surface area (Å²) in [5, 5.41) is 5.10. The summed E-state index contributed by atoms with van der Waals surface area (Å²) in [5.74, 6) is -0.731. The first-order valence-electron chi connectivity index (χ1n) is 7.11. The molecule has 6 nitrogen and oxygen atoms in total. The number of rotatable bonds is 5. The Hall–Kier alpha value is -2.45. The van der Waals surface area contributed by atoms with Crippen molar-refractivity contribution < 1.29 is 14.3 Å². The van der Waals surface area contributed by atoms with E-state index < -0.39 is 5.97 Å². The number of nitrogens with one attached hydrogen (secondary N) is 1. The van der Waals surface area contributed by atoms with Gasteiger partial charge in [-0.2, -0.15) is 0 Å². The Labute approximate surface area is 146 Å². The number of thiophene rings is 1. The molecule has 0 radical (unpaired) electrons. The Morgan fingerprint density at radius 3 is 3.00 bits per heavy atom. The van der Waals surface area contributed by atoms with E-state index in [-0.39, 0.29) is 12.5 Å². The zero-order valence-corrected chi connectivity index (χ0v) is 14.8. The third kappa shape index (κ3) is 2.98. The molecule has 0 atom stereocenters. The lowest BCUT2D eigenvalue weighted by Gasteiger charge is -2.03. The number of hydrogen-bond acceptors (Lipinski definition) is 6. The summed E-state index contributed by atoms with van der Waals surface area (Å²) < 4.78 is 7.89. The highest BCUT2D eigenvalue weighted by atomic mass is 32.1. The monoisotopic (exact) mass is 361 g/mol. The lowest BCUT2D eigenvalue weighted by Crippen LogP contribution is -2.15. The third-order valence-electron chi connectivity index (χ3n) is 3.43. The van der Waals surface area contributed by atoms with Crippen LogP contribution in [-0.2, 0) is 11.8 Å². The van der Waals surface area contributed by atoms with Gasteiger partial charge >= 0.3 is 5.97 Å². The SMILES string of the molecule is C=CCOC(=O)c1sc(NC(=O)c2cc3sccc3n2C)nc1C. The second-order valence-corrected chi connectivity index (χ2v) is 6.98. The molecule has 24 heavy (non-hydrogen) atoms. The highest BCUT2D eigenvalue weighted by Gasteiger charge is 2.20. The maximum Gasteiger partial charge on any atom is 0.350 e. The minimum Gasteiger partial charge on any atom is -0.457 e. The summed E-state index contributed by atoms with van der Waals surface area (Å²) in [5.41, 5.74) is 2.08. The normalized spacial score (nSPS) is 10.8. The third-order valence-corrected chi connectivity index (χ3v) is 5.34. The van der Waals surface area contributed by atoms with Crippen LogP contribution in [0.5, 0.6) is 0 Å². The Balaban J connectivity index is 1.79. The molecule has 0 aliphatic heterocycles. The van der Waals surface area contributed by atoms with Crippen molar-refractivity contribution in [3.05, 3.63) is 46.4 Å². The van der Waals surface area contributed by atoms with Crippen LogP contribution in [0.15, 0.2) is 30.2 Å². The second-order valence-electron chi connectivity index (χ2n) is 5.03. The first-order valence-corrected chi connectivity index (χ1v) is 8.80. The van der Waals surface area contributed by atoms with Crippen LogP contribution in [0.1, 0.15) is 25.9 Å². The molecule has 0 saturated heterocycles. The van der Waals surface area contributed by atoms with Crippen LogP contribution >= 0.6 is 22.7 Å². The van der Waals surface area contributed by atoms with Gasteiger partial charge < -0.3 is 9.30 Å². The number of nitrogens with zero attached hydrogens (tertiary/aromatic N) is 2. The molecule has 0 fully saturated rings. The maximum absolute atomic E-state index is 12.5. The van der Waals surface area contributed by atoms with Gasteiger partial charge in [-0.15, -0.1) is 11.3 Å². The lowest BCUT2D eigenvalue weighted by atomic mass is 10.4. The van der Waals surface area contributed by atoms with Crippen LogP contribution in [0, 0.1) is 6.92 Å². The molecule has 0 aliphatic carbocycles. The van der Waals surface area contributed by atoms with Crippen LogP contribution in [0.25, 0.3) is 10.2 Å². The highest BCUT2D eigenvalue weighted by molar-refractivity contribution is 7.18. The largest absolute Gasteiger partial charge is 0.457 e. The molecule has 0 spiro atoms. The summed E-state index contributed by atoms with van der Waals surface area (Å²) >= 11 is 2.68. The Bertz CT molecular complexity index is 936. The van der Waals surface area contributed by atoms with E-state index in [1.54, 1.807) is 18.3 Å². The van der Waals surface area contributed by atoms with E-state index in [4.69, 9.17) is 4.74 Å². The summed E-state index contributed by atoms with van der Waals surface area (Å²) in [6.07, 6.45) is 1.50. The number of esters is 1. The average Bonchev–Trinajstić information content (AvgIpc) is 3.22. The van der Waals surface area contributed by atoms with Gasteiger partial charge in [0, 0.05) is 7.05 Å². The number of thiazole rings is 1. The fourth-order valence-electron chi connectivity index (χ4n) is 2.27. The first kappa shape index (κ1) is 16.4. The molecule has 0 aromatic carbocycles. The predicted molar refractivity (Wildman–Crippen MR) is 96.1 cm³/mol. The molecule has 3 aromatic rings. The maximum atomic E-state index is 12.5. The van der Waals surface area contributed by atoms with E-state index >= 15 is 0 Å². The Kier molecular flexibility index (Phi) is 4.50. The fourth-order valence-corrected chi connectivity index (χ4v) is 3.97. The van der Waals surface area contributed by atoms with Gasteiger partial charge in [-0.25, -0.2) is 9.78 Å². The van der Waals surface area contributed by atoms with E-state index in [0.29, 0.717) is 21.4 Å². The molecule has 3 rings (SSSR count). The number of fused-ring (bicyclic) bond motifs is 1. The summed E-state index contributed by atoms with van der Waals surface area (Å²) in [6, 6.07) is 3.81. The molecule has 1 amide bonds.